The van der Waals surface area contributed by atoms with Crippen LogP contribution in [0.15, 0.2) is 18.3 Å². The monoisotopic (exact) mass is 233 g/mol. The van der Waals surface area contributed by atoms with E-state index in [0.29, 0.717) is 17.6 Å². The summed E-state index contributed by atoms with van der Waals surface area (Å²) in [5, 5.41) is 0. The molecule has 3 nitrogen and oxygen atoms in total. The highest BCUT2D eigenvalue weighted by molar-refractivity contribution is 5.79. The zero-order chi connectivity index (χ0) is 12.3. The average Bonchev–Trinajstić information content (AvgIpc) is 2.30. The van der Waals surface area contributed by atoms with Gasteiger partial charge in [0.1, 0.15) is 5.78 Å². The van der Waals surface area contributed by atoms with Crippen molar-refractivity contribution in [3.8, 4) is 5.88 Å². The summed E-state index contributed by atoms with van der Waals surface area (Å²) in [6, 6.07) is 4.00. The third-order valence-electron chi connectivity index (χ3n) is 3.13. The highest BCUT2D eigenvalue weighted by Gasteiger charge is 2.20. The number of rotatable bonds is 3. The molecular formula is C14H19NO2. The van der Waals surface area contributed by atoms with Crippen LogP contribution >= 0.6 is 0 Å². The fourth-order valence-corrected chi connectivity index (χ4v) is 2.22. The molecule has 0 radical (unpaired) electrons. The molecule has 1 aliphatic rings. The summed E-state index contributed by atoms with van der Waals surface area (Å²) in [5.74, 6) is 1.57. The number of Topliss-reactive ketones (excluding diaryl/α,β-unsaturated/α-hetero) is 1. The normalized spacial score (nSPS) is 17.5. The van der Waals surface area contributed by atoms with E-state index in [1.165, 1.54) is 5.56 Å². The van der Waals surface area contributed by atoms with E-state index < -0.39 is 0 Å². The zero-order valence-corrected chi connectivity index (χ0v) is 10.5. The highest BCUT2D eigenvalue weighted by atomic mass is 16.5. The van der Waals surface area contributed by atoms with Crippen molar-refractivity contribution in [2.45, 2.75) is 51.6 Å². The summed E-state index contributed by atoms with van der Waals surface area (Å²) < 4.78 is 5.51. The molecule has 0 spiro atoms. The second-order valence-electron chi connectivity index (χ2n) is 4.91. The molecule has 1 aromatic heterocycles. The lowest BCUT2D eigenvalue weighted by Gasteiger charge is -2.21. The molecule has 0 saturated heterocycles. The molecule has 0 atom stereocenters. The van der Waals surface area contributed by atoms with Crippen LogP contribution in [0.2, 0.25) is 0 Å². The predicted octanol–water partition coefficient (Wildman–Crippen LogP) is 3.10. The van der Waals surface area contributed by atoms with Gasteiger partial charge in [-0.2, -0.15) is 0 Å². The molecule has 0 N–H and O–H groups in total. The molecular weight excluding hydrogens is 214 g/mol. The number of nitrogens with zero attached hydrogens (tertiary/aromatic N) is 1. The Morgan fingerprint density at radius 2 is 2.00 bits per heavy atom. The molecule has 2 rings (SSSR count). The second-order valence-corrected chi connectivity index (χ2v) is 4.91. The van der Waals surface area contributed by atoms with Crippen molar-refractivity contribution < 1.29 is 9.53 Å². The molecule has 1 heterocycles. The summed E-state index contributed by atoms with van der Waals surface area (Å²) in [7, 11) is 0. The Kier molecular flexibility index (Phi) is 3.77. The van der Waals surface area contributed by atoms with Crippen molar-refractivity contribution in [3.63, 3.8) is 0 Å². The largest absolute Gasteiger partial charge is 0.475 e. The number of ether oxygens (including phenoxy) is 1. The number of carbonyl (C=O) groups is 1. The number of hydrogen-bond acceptors (Lipinski definition) is 3. The summed E-state index contributed by atoms with van der Waals surface area (Å²) in [4.78, 5) is 15.5. The van der Waals surface area contributed by atoms with E-state index in [4.69, 9.17) is 4.74 Å². The molecule has 0 bridgehead atoms. The third-order valence-corrected chi connectivity index (χ3v) is 3.13. The Balaban J connectivity index is 2.00. The lowest BCUT2D eigenvalue weighted by molar-refractivity contribution is -0.120. The molecule has 0 aromatic carbocycles. The first-order chi connectivity index (χ1) is 8.15. The van der Waals surface area contributed by atoms with E-state index in [2.05, 4.69) is 11.1 Å². The quantitative estimate of drug-likeness (QED) is 0.805. The number of carbonyl (C=O) groups excluding carboxylic acids is 1. The van der Waals surface area contributed by atoms with Crippen LogP contribution in [0.25, 0.3) is 0 Å². The summed E-state index contributed by atoms with van der Waals surface area (Å²) in [5.41, 5.74) is 1.23. The predicted molar refractivity (Wildman–Crippen MR) is 66.2 cm³/mol. The van der Waals surface area contributed by atoms with Crippen LogP contribution in [0, 0.1) is 0 Å². The van der Waals surface area contributed by atoms with E-state index in [-0.39, 0.29) is 6.10 Å². The van der Waals surface area contributed by atoms with Gasteiger partial charge < -0.3 is 4.74 Å². The third kappa shape index (κ3) is 3.29. The van der Waals surface area contributed by atoms with Gasteiger partial charge in [0.25, 0.3) is 0 Å². The first-order valence-electron chi connectivity index (χ1n) is 6.29. The van der Waals surface area contributed by atoms with Crippen molar-refractivity contribution in [3.05, 3.63) is 23.9 Å². The Hall–Kier alpha value is -1.38. The van der Waals surface area contributed by atoms with Crippen LogP contribution in [0.1, 0.15) is 51.0 Å². The van der Waals surface area contributed by atoms with Crippen LogP contribution in [0.3, 0.4) is 0 Å². The maximum Gasteiger partial charge on any atom is 0.213 e. The smallest absolute Gasteiger partial charge is 0.213 e. The van der Waals surface area contributed by atoms with E-state index >= 15 is 0 Å². The second kappa shape index (κ2) is 5.30. The van der Waals surface area contributed by atoms with Gasteiger partial charge in [-0.05, 0) is 38.2 Å². The minimum Gasteiger partial charge on any atom is -0.475 e. The van der Waals surface area contributed by atoms with Gasteiger partial charge in [0, 0.05) is 25.1 Å². The van der Waals surface area contributed by atoms with Gasteiger partial charge in [-0.25, -0.2) is 4.98 Å². The molecule has 0 amide bonds. The van der Waals surface area contributed by atoms with Crippen molar-refractivity contribution in [2.24, 2.45) is 0 Å². The maximum atomic E-state index is 11.2. The van der Waals surface area contributed by atoms with E-state index in [0.717, 1.165) is 25.7 Å². The minimum absolute atomic E-state index is 0.153. The van der Waals surface area contributed by atoms with Crippen LogP contribution in [-0.4, -0.2) is 16.9 Å². The first kappa shape index (κ1) is 12.1. The van der Waals surface area contributed by atoms with E-state index in [1.54, 1.807) is 0 Å². The van der Waals surface area contributed by atoms with Gasteiger partial charge in [-0.3, -0.25) is 4.79 Å². The zero-order valence-electron chi connectivity index (χ0n) is 10.5. The molecule has 1 fully saturated rings. The molecule has 92 valence electrons. The Morgan fingerprint density at radius 3 is 2.53 bits per heavy atom. The number of aromatic nitrogens is 1. The van der Waals surface area contributed by atoms with Crippen LogP contribution in [-0.2, 0) is 4.79 Å². The number of hydrogen-bond donors (Lipinski definition) is 0. The Labute approximate surface area is 102 Å². The molecule has 1 aliphatic carbocycles. The van der Waals surface area contributed by atoms with Gasteiger partial charge >= 0.3 is 0 Å². The van der Waals surface area contributed by atoms with Gasteiger partial charge in [0.15, 0.2) is 0 Å². The molecule has 1 aromatic rings. The minimum atomic E-state index is 0.153. The van der Waals surface area contributed by atoms with Gasteiger partial charge in [0.05, 0.1) is 6.10 Å². The Morgan fingerprint density at radius 1 is 1.29 bits per heavy atom. The van der Waals surface area contributed by atoms with Crippen molar-refractivity contribution in [1.29, 1.82) is 0 Å². The summed E-state index contributed by atoms with van der Waals surface area (Å²) >= 11 is 0. The van der Waals surface area contributed by atoms with Gasteiger partial charge in [-0.15, -0.1) is 0 Å². The molecule has 17 heavy (non-hydrogen) atoms. The molecule has 0 unspecified atom stereocenters. The van der Waals surface area contributed by atoms with Gasteiger partial charge in [0.2, 0.25) is 5.88 Å². The van der Waals surface area contributed by atoms with Gasteiger partial charge in [-0.1, -0.05) is 6.07 Å². The topological polar surface area (TPSA) is 39.2 Å². The first-order valence-corrected chi connectivity index (χ1v) is 6.29. The molecule has 1 saturated carbocycles. The lowest BCUT2D eigenvalue weighted by atomic mass is 9.84. The fraction of sp³-hybridized carbons (Fsp3) is 0.571. The van der Waals surface area contributed by atoms with Crippen LogP contribution in [0.5, 0.6) is 5.88 Å². The average molecular weight is 233 g/mol. The maximum absolute atomic E-state index is 11.2. The summed E-state index contributed by atoms with van der Waals surface area (Å²) in [6.07, 6.45) is 5.40. The molecule has 3 heteroatoms. The van der Waals surface area contributed by atoms with Crippen LogP contribution in [0.4, 0.5) is 0 Å². The highest BCUT2D eigenvalue weighted by Crippen LogP contribution is 2.31. The Bertz CT molecular complexity index is 374. The molecule has 0 aliphatic heterocycles. The summed E-state index contributed by atoms with van der Waals surface area (Å²) in [6.45, 7) is 3.98. The fourth-order valence-electron chi connectivity index (χ4n) is 2.22. The number of ketones is 1. The van der Waals surface area contributed by atoms with Crippen molar-refractivity contribution in [1.82, 2.24) is 4.98 Å². The van der Waals surface area contributed by atoms with E-state index in [1.807, 2.05) is 26.1 Å². The van der Waals surface area contributed by atoms with Crippen LogP contribution < -0.4 is 4.74 Å². The van der Waals surface area contributed by atoms with E-state index in [9.17, 15) is 4.79 Å². The number of pyridine rings is 1. The van der Waals surface area contributed by atoms with Crippen molar-refractivity contribution >= 4 is 5.78 Å². The SMILES string of the molecule is CC(C)Oc1ccc(C2CCC(=O)CC2)cn1. The standard InChI is InChI=1S/C14H19NO2/c1-10(2)17-14-8-5-12(9-15-14)11-3-6-13(16)7-4-11/h5,8-11H,3-4,6-7H2,1-2H3. The lowest BCUT2D eigenvalue weighted by Crippen LogP contribution is -2.13. The van der Waals surface area contributed by atoms with Crippen molar-refractivity contribution in [2.75, 3.05) is 0 Å².